The first-order chi connectivity index (χ1) is 8.59. The van der Waals surface area contributed by atoms with E-state index in [2.05, 4.69) is 0 Å². The van der Waals surface area contributed by atoms with Crippen LogP contribution in [0.2, 0.25) is 5.02 Å². The molecule has 1 aliphatic rings. The van der Waals surface area contributed by atoms with Crippen LogP contribution in [0.15, 0.2) is 18.2 Å². The Morgan fingerprint density at radius 3 is 2.50 bits per heavy atom. The van der Waals surface area contributed by atoms with Gasteiger partial charge in [0.05, 0.1) is 0 Å². The van der Waals surface area contributed by atoms with Crippen molar-refractivity contribution in [3.63, 3.8) is 0 Å². The lowest BCUT2D eigenvalue weighted by atomic mass is 9.84. The number of halogens is 2. The molecule has 1 aromatic rings. The Labute approximate surface area is 117 Å². The van der Waals surface area contributed by atoms with E-state index in [1.165, 1.54) is 32.1 Å². The highest BCUT2D eigenvalue weighted by molar-refractivity contribution is 6.32. The lowest BCUT2D eigenvalue weighted by Crippen LogP contribution is -2.08. The Balaban J connectivity index is 2.21. The first kappa shape index (κ1) is 13.7. The van der Waals surface area contributed by atoms with Gasteiger partial charge in [0.15, 0.2) is 5.38 Å². The van der Waals surface area contributed by atoms with E-state index >= 15 is 0 Å². The molecule has 1 aliphatic carbocycles. The summed E-state index contributed by atoms with van der Waals surface area (Å²) in [6, 6.07) is 5.41. The Bertz CT molecular complexity index is 439. The summed E-state index contributed by atoms with van der Waals surface area (Å²) in [6.07, 6.45) is 6.13. The number of carboxylic acids is 1. The van der Waals surface area contributed by atoms with Crippen molar-refractivity contribution in [2.24, 2.45) is 0 Å². The predicted octanol–water partition coefficient (Wildman–Crippen LogP) is 4.75. The van der Waals surface area contributed by atoms with Gasteiger partial charge in [0.1, 0.15) is 0 Å². The lowest BCUT2D eigenvalue weighted by molar-refractivity contribution is -0.136. The molecule has 0 bridgehead atoms. The predicted molar refractivity (Wildman–Crippen MR) is 73.5 cm³/mol. The average molecular weight is 287 g/mol. The zero-order chi connectivity index (χ0) is 13.1. The molecule has 0 spiro atoms. The normalized spacial score (nSPS) is 18.6. The standard InChI is InChI=1S/C14H16Cl2O2/c15-12-8-10(13(16)14(17)18)6-7-11(12)9-4-2-1-3-5-9/h6-9,13H,1-5H2,(H,17,18)/t13-/m1/s1. The molecule has 2 rings (SSSR count). The van der Waals surface area contributed by atoms with E-state index in [0.29, 0.717) is 16.5 Å². The second kappa shape index (κ2) is 5.94. The van der Waals surface area contributed by atoms with E-state index in [0.717, 1.165) is 5.56 Å². The number of hydrogen-bond acceptors (Lipinski definition) is 1. The highest BCUT2D eigenvalue weighted by Gasteiger charge is 2.21. The summed E-state index contributed by atoms with van der Waals surface area (Å²) in [5.74, 6) is -0.531. The van der Waals surface area contributed by atoms with Crippen LogP contribution in [-0.4, -0.2) is 11.1 Å². The highest BCUT2D eigenvalue weighted by Crippen LogP contribution is 2.37. The molecule has 0 unspecified atom stereocenters. The number of carbonyl (C=O) groups is 1. The van der Waals surface area contributed by atoms with Gasteiger partial charge >= 0.3 is 5.97 Å². The second-order valence-electron chi connectivity index (χ2n) is 4.82. The maximum atomic E-state index is 10.8. The first-order valence-corrected chi connectivity index (χ1v) is 7.07. The summed E-state index contributed by atoms with van der Waals surface area (Å²) < 4.78 is 0. The van der Waals surface area contributed by atoms with Crippen LogP contribution in [0.1, 0.15) is 54.5 Å². The molecule has 0 heterocycles. The van der Waals surface area contributed by atoms with Crippen LogP contribution in [0, 0.1) is 0 Å². The fraction of sp³-hybridized carbons (Fsp3) is 0.500. The third-order valence-electron chi connectivity index (χ3n) is 3.58. The number of aliphatic carboxylic acids is 1. The van der Waals surface area contributed by atoms with E-state index < -0.39 is 11.3 Å². The summed E-state index contributed by atoms with van der Waals surface area (Å²) in [5, 5.41) is 8.49. The Morgan fingerprint density at radius 1 is 1.28 bits per heavy atom. The molecule has 2 nitrogen and oxygen atoms in total. The Kier molecular flexibility index (Phi) is 4.52. The largest absolute Gasteiger partial charge is 0.480 e. The molecule has 0 saturated heterocycles. The molecule has 1 aromatic carbocycles. The van der Waals surface area contributed by atoms with Crippen LogP contribution in [0.3, 0.4) is 0 Å². The lowest BCUT2D eigenvalue weighted by Gasteiger charge is -2.23. The van der Waals surface area contributed by atoms with Crippen LogP contribution < -0.4 is 0 Å². The second-order valence-corrected chi connectivity index (χ2v) is 5.66. The van der Waals surface area contributed by atoms with Gasteiger partial charge < -0.3 is 5.11 Å². The molecule has 98 valence electrons. The van der Waals surface area contributed by atoms with Crippen LogP contribution in [-0.2, 0) is 4.79 Å². The molecular formula is C14H16Cl2O2. The number of alkyl halides is 1. The summed E-state index contributed by atoms with van der Waals surface area (Å²) in [7, 11) is 0. The van der Waals surface area contributed by atoms with Gasteiger partial charge in [-0.2, -0.15) is 0 Å². The molecule has 0 aliphatic heterocycles. The van der Waals surface area contributed by atoms with E-state index in [9.17, 15) is 4.79 Å². The molecule has 0 aromatic heterocycles. The maximum Gasteiger partial charge on any atom is 0.326 e. The van der Waals surface area contributed by atoms with E-state index in [4.69, 9.17) is 28.3 Å². The monoisotopic (exact) mass is 286 g/mol. The molecule has 1 saturated carbocycles. The van der Waals surface area contributed by atoms with E-state index in [1.807, 2.05) is 6.07 Å². The van der Waals surface area contributed by atoms with Crippen molar-refractivity contribution in [2.75, 3.05) is 0 Å². The Morgan fingerprint density at radius 2 is 1.94 bits per heavy atom. The summed E-state index contributed by atoms with van der Waals surface area (Å²) in [4.78, 5) is 10.8. The van der Waals surface area contributed by atoms with Gasteiger partial charge in [0.25, 0.3) is 0 Å². The topological polar surface area (TPSA) is 37.3 Å². The molecule has 1 atom stereocenters. The molecule has 0 radical (unpaired) electrons. The van der Waals surface area contributed by atoms with Crippen molar-refractivity contribution in [2.45, 2.75) is 43.4 Å². The zero-order valence-electron chi connectivity index (χ0n) is 10.0. The minimum Gasteiger partial charge on any atom is -0.480 e. The van der Waals surface area contributed by atoms with Crippen molar-refractivity contribution < 1.29 is 9.90 Å². The molecule has 4 heteroatoms. The fourth-order valence-electron chi connectivity index (χ4n) is 2.59. The third-order valence-corrected chi connectivity index (χ3v) is 4.34. The number of rotatable bonds is 3. The number of benzene rings is 1. The highest BCUT2D eigenvalue weighted by atomic mass is 35.5. The Hall–Kier alpha value is -0.730. The zero-order valence-corrected chi connectivity index (χ0v) is 11.5. The first-order valence-electron chi connectivity index (χ1n) is 6.26. The quantitative estimate of drug-likeness (QED) is 0.814. The van der Waals surface area contributed by atoms with Crippen LogP contribution in [0.4, 0.5) is 0 Å². The van der Waals surface area contributed by atoms with Gasteiger partial charge in [0.2, 0.25) is 0 Å². The summed E-state index contributed by atoms with van der Waals surface area (Å²) in [6.45, 7) is 0. The molecule has 18 heavy (non-hydrogen) atoms. The van der Waals surface area contributed by atoms with Crippen LogP contribution in [0.5, 0.6) is 0 Å². The summed E-state index contributed by atoms with van der Waals surface area (Å²) >= 11 is 12.1. The van der Waals surface area contributed by atoms with Crippen molar-refractivity contribution in [1.29, 1.82) is 0 Å². The van der Waals surface area contributed by atoms with Gasteiger partial charge in [-0.15, -0.1) is 11.6 Å². The van der Waals surface area contributed by atoms with Crippen LogP contribution >= 0.6 is 23.2 Å². The minimum atomic E-state index is -1.04. The van der Waals surface area contributed by atoms with E-state index in [1.54, 1.807) is 12.1 Å². The maximum absolute atomic E-state index is 10.8. The van der Waals surface area contributed by atoms with Gasteiger partial charge in [-0.05, 0) is 36.0 Å². The van der Waals surface area contributed by atoms with Crippen molar-refractivity contribution in [3.8, 4) is 0 Å². The van der Waals surface area contributed by atoms with E-state index in [-0.39, 0.29) is 0 Å². The van der Waals surface area contributed by atoms with Crippen molar-refractivity contribution in [3.05, 3.63) is 34.3 Å². The fourth-order valence-corrected chi connectivity index (χ4v) is 3.07. The molecule has 1 N–H and O–H groups in total. The van der Waals surface area contributed by atoms with Gasteiger partial charge in [-0.1, -0.05) is 43.0 Å². The average Bonchev–Trinajstić information content (AvgIpc) is 2.38. The number of hydrogen-bond donors (Lipinski definition) is 1. The van der Waals surface area contributed by atoms with Gasteiger partial charge in [-0.3, -0.25) is 4.79 Å². The van der Waals surface area contributed by atoms with Crippen molar-refractivity contribution >= 4 is 29.2 Å². The van der Waals surface area contributed by atoms with Gasteiger partial charge in [-0.25, -0.2) is 0 Å². The number of carboxylic acid groups (broad SMARTS) is 1. The van der Waals surface area contributed by atoms with Gasteiger partial charge in [0, 0.05) is 5.02 Å². The molecular weight excluding hydrogens is 271 g/mol. The minimum absolute atomic E-state index is 0.513. The third kappa shape index (κ3) is 2.99. The molecule has 1 fully saturated rings. The molecule has 0 amide bonds. The van der Waals surface area contributed by atoms with Crippen molar-refractivity contribution in [1.82, 2.24) is 0 Å². The SMILES string of the molecule is O=C(O)[C@H](Cl)c1ccc(C2CCCCC2)c(Cl)c1. The summed E-state index contributed by atoms with van der Waals surface area (Å²) in [5.41, 5.74) is 1.68. The van der Waals surface area contributed by atoms with Crippen LogP contribution in [0.25, 0.3) is 0 Å². The smallest absolute Gasteiger partial charge is 0.326 e.